The van der Waals surface area contributed by atoms with Gasteiger partial charge in [-0.1, -0.05) is 5.57 Å². The highest BCUT2D eigenvalue weighted by Gasteiger charge is 2.53. The van der Waals surface area contributed by atoms with Gasteiger partial charge in [-0.2, -0.15) is 28.2 Å². The van der Waals surface area contributed by atoms with Crippen molar-refractivity contribution in [3.05, 3.63) is 75.4 Å². The Morgan fingerprint density at radius 2 is 1.86 bits per heavy atom. The van der Waals surface area contributed by atoms with Crippen LogP contribution in [0.1, 0.15) is 58.0 Å². The lowest BCUT2D eigenvalue weighted by Crippen LogP contribution is -2.51. The van der Waals surface area contributed by atoms with Crippen LogP contribution in [-0.2, 0) is 29.4 Å². The van der Waals surface area contributed by atoms with E-state index in [-0.39, 0.29) is 40.8 Å². The van der Waals surface area contributed by atoms with Crippen molar-refractivity contribution in [3.63, 3.8) is 0 Å². The Kier molecular flexibility index (Phi) is 6.71. The summed E-state index contributed by atoms with van der Waals surface area (Å²) in [7, 11) is -1.46. The second-order valence-corrected chi connectivity index (χ2v) is 14.7. The van der Waals surface area contributed by atoms with Crippen molar-refractivity contribution in [2.45, 2.75) is 61.8 Å². The maximum Gasteiger partial charge on any atom is 0.427 e. The number of carbonyl (C=O) groups is 1. The number of alkyl halides is 3. The van der Waals surface area contributed by atoms with Gasteiger partial charge in [0.05, 0.1) is 45.1 Å². The van der Waals surface area contributed by atoms with Crippen LogP contribution >= 0.6 is 11.3 Å². The number of thiazole rings is 1. The van der Waals surface area contributed by atoms with Crippen LogP contribution in [0.3, 0.4) is 0 Å². The third-order valence-corrected chi connectivity index (χ3v) is 11.8. The van der Waals surface area contributed by atoms with E-state index in [0.29, 0.717) is 36.1 Å². The molecular formula is C29H27F4N7O2S2. The number of Topliss-reactive ketones (excluding diaryl/α,β-unsaturated/α-hetero) is 1. The summed E-state index contributed by atoms with van der Waals surface area (Å²) >= 11 is 0.338. The van der Waals surface area contributed by atoms with E-state index < -0.39 is 32.0 Å². The molecule has 0 N–H and O–H groups in total. The summed E-state index contributed by atoms with van der Waals surface area (Å²) in [6.07, 6.45) is 4.01. The maximum atomic E-state index is 14.4. The Bertz CT molecular complexity index is 1910. The Morgan fingerprint density at radius 3 is 2.50 bits per heavy atom. The number of benzene rings is 1. The number of hydrogen-bond donors (Lipinski definition) is 0. The normalized spacial score (nSPS) is 23.1. The van der Waals surface area contributed by atoms with E-state index in [1.54, 1.807) is 30.1 Å². The molecule has 9 nitrogen and oxygen atoms in total. The van der Waals surface area contributed by atoms with E-state index in [4.69, 9.17) is 0 Å². The van der Waals surface area contributed by atoms with E-state index in [2.05, 4.69) is 26.2 Å². The molecule has 3 aromatic heterocycles. The van der Waals surface area contributed by atoms with E-state index in [1.165, 1.54) is 23.1 Å². The molecule has 3 heterocycles. The summed E-state index contributed by atoms with van der Waals surface area (Å²) in [5, 5.41) is 12.9. The fourth-order valence-corrected chi connectivity index (χ4v) is 9.34. The van der Waals surface area contributed by atoms with Gasteiger partial charge in [0.25, 0.3) is 0 Å². The molecule has 7 rings (SSSR count). The van der Waals surface area contributed by atoms with Gasteiger partial charge in [0, 0.05) is 19.1 Å². The van der Waals surface area contributed by atoms with Crippen LogP contribution in [-0.4, -0.2) is 62.0 Å². The van der Waals surface area contributed by atoms with E-state index in [9.17, 15) is 26.6 Å². The summed E-state index contributed by atoms with van der Waals surface area (Å²) in [6, 6.07) is 5.47. The van der Waals surface area contributed by atoms with Gasteiger partial charge in [-0.3, -0.25) is 4.79 Å². The number of fused-ring (bicyclic) bond motifs is 2. The average Bonchev–Trinajstić information content (AvgIpc) is 3.34. The van der Waals surface area contributed by atoms with Gasteiger partial charge in [-0.05, 0) is 80.3 Å². The van der Waals surface area contributed by atoms with Crippen molar-refractivity contribution >= 4 is 38.8 Å². The minimum Gasteiger partial charge on any atom is -0.290 e. The molecule has 0 bridgehead atoms. The molecule has 1 unspecified atom stereocenters. The van der Waals surface area contributed by atoms with Crippen LogP contribution in [0.15, 0.2) is 53.5 Å². The molecule has 3 aliphatic carbocycles. The van der Waals surface area contributed by atoms with Gasteiger partial charge in [-0.15, -0.1) is 16.4 Å². The van der Waals surface area contributed by atoms with E-state index in [0.717, 1.165) is 29.7 Å². The zero-order chi connectivity index (χ0) is 31.0. The second-order valence-electron chi connectivity index (χ2n) is 11.5. The zero-order valence-electron chi connectivity index (χ0n) is 23.5. The molecule has 0 saturated heterocycles. The van der Waals surface area contributed by atoms with Crippen molar-refractivity contribution in [1.29, 1.82) is 0 Å². The number of aryl methyl sites for hydroxylation is 1. The predicted octanol–water partition coefficient (Wildman–Crippen LogP) is 5.13. The molecule has 3 aliphatic rings. The number of hydrogen-bond acceptors (Lipinski definition) is 7. The molecule has 2 saturated carbocycles. The Morgan fingerprint density at radius 1 is 1.11 bits per heavy atom. The van der Waals surface area contributed by atoms with Crippen LogP contribution < -0.4 is 0 Å². The lowest BCUT2D eigenvalue weighted by Gasteiger charge is -2.47. The number of halogens is 4. The van der Waals surface area contributed by atoms with E-state index >= 15 is 0 Å². The summed E-state index contributed by atoms with van der Waals surface area (Å²) in [5.74, 6) is 3.20. The fourth-order valence-electron chi connectivity index (χ4n) is 6.49. The summed E-state index contributed by atoms with van der Waals surface area (Å²) in [6.45, 7) is 0. The van der Waals surface area contributed by atoms with Gasteiger partial charge < -0.3 is 0 Å². The number of rotatable bonds is 7. The molecule has 0 aliphatic heterocycles. The van der Waals surface area contributed by atoms with Crippen molar-refractivity contribution in [2.24, 2.45) is 12.5 Å². The SMILES string of the molecule is C=S(=O)(c1cnn(C)n1)N(C1CC1)[C@H]1CCC2=Cc3c(cnn3-c3ccc(F)cc3)C[C@]2(C(=O)c2ncc(C(F)(F)F)s2)C1. The van der Waals surface area contributed by atoms with E-state index in [1.807, 2.05) is 10.4 Å². The Labute approximate surface area is 254 Å². The third kappa shape index (κ3) is 4.81. The molecule has 3 atom stereocenters. The molecule has 15 heteroatoms. The number of aromatic nitrogens is 6. The minimum absolute atomic E-state index is 0.0261. The van der Waals surface area contributed by atoms with Gasteiger partial charge in [0.15, 0.2) is 10.0 Å². The van der Waals surface area contributed by atoms with Gasteiger partial charge >= 0.3 is 6.18 Å². The molecule has 0 amide bonds. The number of allylic oxidation sites excluding steroid dienone is 1. The van der Waals surface area contributed by atoms with Crippen LogP contribution in [0.5, 0.6) is 0 Å². The first-order valence-electron chi connectivity index (χ1n) is 14.0. The lowest BCUT2D eigenvalue weighted by molar-refractivity contribution is -0.134. The van der Waals surface area contributed by atoms with Crippen molar-refractivity contribution < 1.29 is 26.6 Å². The van der Waals surface area contributed by atoms with Gasteiger partial charge in [0.2, 0.25) is 5.78 Å². The molecule has 0 spiro atoms. The number of ketones is 1. The summed E-state index contributed by atoms with van der Waals surface area (Å²) in [5.41, 5.74) is 1.60. The lowest BCUT2D eigenvalue weighted by atomic mass is 9.61. The highest BCUT2D eigenvalue weighted by molar-refractivity contribution is 7.98. The van der Waals surface area contributed by atoms with Crippen LogP contribution in [0.25, 0.3) is 11.8 Å². The van der Waals surface area contributed by atoms with Gasteiger partial charge in [0.1, 0.15) is 10.7 Å². The average molecular weight is 646 g/mol. The highest BCUT2D eigenvalue weighted by atomic mass is 32.2. The van der Waals surface area contributed by atoms with Crippen LogP contribution in [0.2, 0.25) is 0 Å². The Hall–Kier alpha value is -3.69. The van der Waals surface area contributed by atoms with Crippen molar-refractivity contribution in [2.75, 3.05) is 0 Å². The Balaban J connectivity index is 1.32. The quantitative estimate of drug-likeness (QED) is 0.157. The molecule has 44 heavy (non-hydrogen) atoms. The molecule has 230 valence electrons. The fraction of sp³-hybridized carbons (Fsp3) is 0.379. The standard InChI is InChI=1S/C29H27F4N7O2S2/c1-38-35-16-25(37-38)44(2,42)40(21-9-10-21)22-6-3-18-11-23-17(14-36-39(23)20-7-4-19(30)5-8-20)12-28(18,13-22)26(41)27-34-15-24(43-27)29(31,32)33/h4-5,7-8,11,14-16,21-22H,2-3,6,9-10,12-13H2,1H3/t22-,28-,44?/m0/s1. The molecule has 1 aromatic carbocycles. The first-order chi connectivity index (χ1) is 20.9. The first kappa shape index (κ1) is 29.0. The minimum atomic E-state index is -4.63. The molecule has 0 radical (unpaired) electrons. The number of nitrogens with zero attached hydrogens (tertiary/aromatic N) is 7. The zero-order valence-corrected chi connectivity index (χ0v) is 25.1. The molecular weight excluding hydrogens is 618 g/mol. The maximum absolute atomic E-state index is 14.4. The van der Waals surface area contributed by atoms with Crippen molar-refractivity contribution in [3.8, 4) is 5.69 Å². The third-order valence-electron chi connectivity index (χ3n) is 8.63. The monoisotopic (exact) mass is 645 g/mol. The topological polar surface area (TPSA) is 98.8 Å². The smallest absolute Gasteiger partial charge is 0.290 e. The van der Waals surface area contributed by atoms with Crippen molar-refractivity contribution in [1.82, 2.24) is 34.1 Å². The summed E-state index contributed by atoms with van der Waals surface area (Å²) < 4.78 is 72.1. The first-order valence-corrected chi connectivity index (χ1v) is 16.5. The van der Waals surface area contributed by atoms with Crippen LogP contribution in [0.4, 0.5) is 17.6 Å². The van der Waals surface area contributed by atoms with Gasteiger partial charge in [-0.25, -0.2) is 22.6 Å². The number of carbonyl (C=O) groups excluding carboxylic acids is 1. The molecule has 4 aromatic rings. The molecule has 2 fully saturated rings. The highest BCUT2D eigenvalue weighted by Crippen LogP contribution is 2.53. The van der Waals surface area contributed by atoms with Crippen LogP contribution in [0, 0.1) is 11.2 Å². The second kappa shape index (κ2) is 10.2. The largest absolute Gasteiger partial charge is 0.427 e. The summed E-state index contributed by atoms with van der Waals surface area (Å²) in [4.78, 5) is 18.7. The predicted molar refractivity (Wildman–Crippen MR) is 156 cm³/mol.